The predicted octanol–water partition coefficient (Wildman–Crippen LogP) is 0.302. The molecule has 0 spiro atoms. The van der Waals surface area contributed by atoms with E-state index in [4.69, 9.17) is 4.74 Å². The van der Waals surface area contributed by atoms with Crippen molar-refractivity contribution in [3.63, 3.8) is 0 Å². The number of amides is 1. The Morgan fingerprint density at radius 1 is 1.67 bits per heavy atom. The fraction of sp³-hybridized carbons (Fsp3) is 0.667. The molecule has 1 rings (SSSR count). The summed E-state index contributed by atoms with van der Waals surface area (Å²) in [5, 5.41) is 6.21. The van der Waals surface area contributed by atoms with E-state index in [0.717, 1.165) is 0 Å². The summed E-state index contributed by atoms with van der Waals surface area (Å²) in [7, 11) is 1.61. The molecule has 0 aliphatic carbocycles. The van der Waals surface area contributed by atoms with Crippen molar-refractivity contribution in [1.82, 2.24) is 20.1 Å². The molecule has 0 saturated carbocycles. The Balaban J connectivity index is 2.67. The van der Waals surface area contributed by atoms with Crippen LogP contribution in [0.2, 0.25) is 0 Å². The van der Waals surface area contributed by atoms with Crippen molar-refractivity contribution >= 4 is 5.91 Å². The first-order valence-corrected chi connectivity index (χ1v) is 4.82. The average molecular weight is 212 g/mol. The molecule has 15 heavy (non-hydrogen) atoms. The van der Waals surface area contributed by atoms with Gasteiger partial charge >= 0.3 is 0 Å². The van der Waals surface area contributed by atoms with Crippen LogP contribution in [0.5, 0.6) is 0 Å². The molecule has 0 saturated heterocycles. The second kappa shape index (κ2) is 5.45. The summed E-state index contributed by atoms with van der Waals surface area (Å²) in [5.74, 6) is 0.111. The molecule has 1 N–H and O–H groups in total. The maximum absolute atomic E-state index is 11.9. The van der Waals surface area contributed by atoms with Gasteiger partial charge in [0.1, 0.15) is 6.33 Å². The van der Waals surface area contributed by atoms with Crippen molar-refractivity contribution in [2.75, 3.05) is 20.3 Å². The monoisotopic (exact) mass is 212 g/mol. The maximum atomic E-state index is 11.9. The lowest BCUT2D eigenvalue weighted by Gasteiger charge is -2.25. The molecular formula is C9H16N4O2. The number of carbonyl (C=O) groups excluding carboxylic acids is 1. The van der Waals surface area contributed by atoms with Crippen molar-refractivity contribution in [3.05, 3.63) is 12.2 Å². The molecule has 6 heteroatoms. The van der Waals surface area contributed by atoms with Gasteiger partial charge in [0.15, 0.2) is 0 Å². The van der Waals surface area contributed by atoms with Crippen molar-refractivity contribution in [2.24, 2.45) is 0 Å². The summed E-state index contributed by atoms with van der Waals surface area (Å²) >= 11 is 0. The summed E-state index contributed by atoms with van der Waals surface area (Å²) in [5.41, 5.74) is 0. The van der Waals surface area contributed by atoms with Crippen molar-refractivity contribution in [1.29, 1.82) is 0 Å². The van der Waals surface area contributed by atoms with Crippen LogP contribution in [0, 0.1) is 0 Å². The van der Waals surface area contributed by atoms with E-state index in [0.29, 0.717) is 13.2 Å². The van der Waals surface area contributed by atoms with Crippen LogP contribution in [0.15, 0.2) is 6.33 Å². The van der Waals surface area contributed by atoms with Gasteiger partial charge < -0.3 is 9.64 Å². The quantitative estimate of drug-likeness (QED) is 0.762. The minimum Gasteiger partial charge on any atom is -0.383 e. The Kier molecular flexibility index (Phi) is 4.23. The minimum absolute atomic E-state index is 0.109. The van der Waals surface area contributed by atoms with Crippen LogP contribution in [0.4, 0.5) is 0 Å². The number of aromatic nitrogens is 3. The van der Waals surface area contributed by atoms with Crippen molar-refractivity contribution in [2.45, 2.75) is 19.9 Å². The highest BCUT2D eigenvalue weighted by molar-refractivity contribution is 5.90. The number of hydrogen-bond donors (Lipinski definition) is 1. The molecule has 0 aliphatic rings. The Morgan fingerprint density at radius 3 is 2.87 bits per heavy atom. The highest BCUT2D eigenvalue weighted by Gasteiger charge is 2.20. The van der Waals surface area contributed by atoms with Gasteiger partial charge in [-0.1, -0.05) is 0 Å². The van der Waals surface area contributed by atoms with E-state index < -0.39 is 0 Å². The summed E-state index contributed by atoms with van der Waals surface area (Å²) in [4.78, 5) is 17.4. The first-order valence-electron chi connectivity index (χ1n) is 4.82. The Morgan fingerprint density at radius 2 is 2.40 bits per heavy atom. The fourth-order valence-corrected chi connectivity index (χ4v) is 1.23. The van der Waals surface area contributed by atoms with Gasteiger partial charge in [-0.2, -0.15) is 5.10 Å². The number of rotatable bonds is 5. The zero-order valence-electron chi connectivity index (χ0n) is 9.23. The lowest BCUT2D eigenvalue weighted by Crippen LogP contribution is -2.39. The van der Waals surface area contributed by atoms with E-state index in [2.05, 4.69) is 15.2 Å². The van der Waals surface area contributed by atoms with Crippen molar-refractivity contribution < 1.29 is 9.53 Å². The third-order valence-corrected chi connectivity index (χ3v) is 2.04. The lowest BCUT2D eigenvalue weighted by molar-refractivity contribution is 0.0623. The number of aromatic amines is 1. The second-order valence-corrected chi connectivity index (χ2v) is 3.42. The third-order valence-electron chi connectivity index (χ3n) is 2.04. The molecule has 1 aromatic rings. The highest BCUT2D eigenvalue weighted by atomic mass is 16.5. The largest absolute Gasteiger partial charge is 0.383 e. The molecule has 0 fully saturated rings. The van der Waals surface area contributed by atoms with Gasteiger partial charge in [-0.15, -0.1) is 0 Å². The van der Waals surface area contributed by atoms with Gasteiger partial charge in [0, 0.05) is 19.7 Å². The molecule has 1 aromatic heterocycles. The SMILES string of the molecule is COCCN(C(=O)c1ncn[nH]1)C(C)C. The predicted molar refractivity (Wildman–Crippen MR) is 54.4 cm³/mol. The van der Waals surface area contributed by atoms with Crippen LogP contribution in [0.3, 0.4) is 0 Å². The molecule has 6 nitrogen and oxygen atoms in total. The van der Waals surface area contributed by atoms with E-state index in [-0.39, 0.29) is 17.8 Å². The van der Waals surface area contributed by atoms with Gasteiger partial charge in [-0.3, -0.25) is 9.89 Å². The molecule has 0 radical (unpaired) electrons. The Labute approximate surface area is 88.6 Å². The molecular weight excluding hydrogens is 196 g/mol. The Hall–Kier alpha value is -1.43. The van der Waals surface area contributed by atoms with Gasteiger partial charge in [-0.05, 0) is 13.8 Å². The molecule has 84 valence electrons. The number of hydrogen-bond acceptors (Lipinski definition) is 4. The number of nitrogens with one attached hydrogen (secondary N) is 1. The molecule has 0 bridgehead atoms. The van der Waals surface area contributed by atoms with E-state index >= 15 is 0 Å². The van der Waals surface area contributed by atoms with Crippen LogP contribution in [-0.4, -0.2) is 52.3 Å². The van der Waals surface area contributed by atoms with Gasteiger partial charge in [-0.25, -0.2) is 4.98 Å². The number of H-pyrrole nitrogens is 1. The standard InChI is InChI=1S/C9H16N4O2/c1-7(2)13(4-5-15-3)9(14)8-10-6-11-12-8/h6-7H,4-5H2,1-3H3,(H,10,11,12). The number of carbonyl (C=O) groups is 1. The fourth-order valence-electron chi connectivity index (χ4n) is 1.23. The van der Waals surface area contributed by atoms with E-state index in [1.165, 1.54) is 6.33 Å². The molecule has 1 heterocycles. The molecule has 0 atom stereocenters. The first kappa shape index (κ1) is 11.6. The lowest BCUT2D eigenvalue weighted by atomic mass is 10.3. The summed E-state index contributed by atoms with van der Waals surface area (Å²) in [6, 6.07) is 0.109. The van der Waals surface area contributed by atoms with E-state index in [1.54, 1.807) is 12.0 Å². The topological polar surface area (TPSA) is 71.1 Å². The first-order chi connectivity index (χ1) is 7.16. The molecule has 0 aromatic carbocycles. The van der Waals surface area contributed by atoms with E-state index in [9.17, 15) is 4.79 Å². The van der Waals surface area contributed by atoms with Crippen LogP contribution in [0.1, 0.15) is 24.5 Å². The summed E-state index contributed by atoms with van der Waals surface area (Å²) < 4.78 is 4.95. The van der Waals surface area contributed by atoms with Crippen LogP contribution < -0.4 is 0 Å². The van der Waals surface area contributed by atoms with Gasteiger partial charge in [0.25, 0.3) is 5.91 Å². The van der Waals surface area contributed by atoms with Crippen LogP contribution in [-0.2, 0) is 4.74 Å². The maximum Gasteiger partial charge on any atom is 0.291 e. The van der Waals surface area contributed by atoms with E-state index in [1.807, 2.05) is 13.8 Å². The zero-order valence-corrected chi connectivity index (χ0v) is 9.23. The Bertz CT molecular complexity index is 297. The molecule has 0 aliphatic heterocycles. The molecule has 1 amide bonds. The summed E-state index contributed by atoms with van der Waals surface area (Å²) in [6.07, 6.45) is 1.32. The average Bonchev–Trinajstić information content (AvgIpc) is 2.70. The number of methoxy groups -OCH3 is 1. The smallest absolute Gasteiger partial charge is 0.291 e. The van der Waals surface area contributed by atoms with Gasteiger partial charge in [0.05, 0.1) is 6.61 Å². The zero-order chi connectivity index (χ0) is 11.3. The molecule has 0 unspecified atom stereocenters. The van der Waals surface area contributed by atoms with Crippen LogP contribution in [0.25, 0.3) is 0 Å². The van der Waals surface area contributed by atoms with Crippen LogP contribution >= 0.6 is 0 Å². The minimum atomic E-state index is -0.153. The normalized spacial score (nSPS) is 10.7. The second-order valence-electron chi connectivity index (χ2n) is 3.42. The third kappa shape index (κ3) is 3.02. The number of nitrogens with zero attached hydrogens (tertiary/aromatic N) is 3. The number of ether oxygens (including phenoxy) is 1. The summed E-state index contributed by atoms with van der Waals surface area (Å²) in [6.45, 7) is 4.96. The van der Waals surface area contributed by atoms with Crippen molar-refractivity contribution in [3.8, 4) is 0 Å². The van der Waals surface area contributed by atoms with Gasteiger partial charge in [0.2, 0.25) is 5.82 Å². The highest BCUT2D eigenvalue weighted by Crippen LogP contribution is 2.03.